The summed E-state index contributed by atoms with van der Waals surface area (Å²) < 4.78 is 0. The van der Waals surface area contributed by atoms with Gasteiger partial charge in [-0.3, -0.25) is 0 Å². The second-order valence-electron chi connectivity index (χ2n) is 11.3. The molecule has 0 amide bonds. The fraction of sp³-hybridized carbons (Fsp3) is 0.857. The van der Waals surface area contributed by atoms with E-state index in [0.717, 1.165) is 30.6 Å². The van der Waals surface area contributed by atoms with E-state index in [2.05, 4.69) is 39.8 Å². The lowest BCUT2D eigenvalue weighted by atomic mass is 9.63. The van der Waals surface area contributed by atoms with Gasteiger partial charge in [0.25, 0.3) is 0 Å². The molecule has 0 saturated heterocycles. The number of aliphatic hydroxyl groups excluding tert-OH is 3. The van der Waals surface area contributed by atoms with Gasteiger partial charge in [0.2, 0.25) is 0 Å². The smallest absolute Gasteiger partial charge is 0.0732 e. The van der Waals surface area contributed by atoms with Gasteiger partial charge >= 0.3 is 0 Å². The third-order valence-corrected chi connectivity index (χ3v) is 11.0. The van der Waals surface area contributed by atoms with Crippen LogP contribution in [0.3, 0.4) is 0 Å². The third kappa shape index (κ3) is 6.09. The normalized spacial score (nSPS) is 38.6. The molecular formula is C28H48O4S. The summed E-state index contributed by atoms with van der Waals surface area (Å²) >= 11 is 1.97. The van der Waals surface area contributed by atoms with Crippen LogP contribution >= 0.6 is 11.8 Å². The van der Waals surface area contributed by atoms with Crippen molar-refractivity contribution in [3.8, 4) is 0 Å². The van der Waals surface area contributed by atoms with Crippen molar-refractivity contribution in [2.75, 3.05) is 12.4 Å². The summed E-state index contributed by atoms with van der Waals surface area (Å²) in [4.78, 5) is 0. The molecule has 4 nitrogen and oxygen atoms in total. The van der Waals surface area contributed by atoms with Gasteiger partial charge in [-0.2, -0.15) is 11.8 Å². The van der Waals surface area contributed by atoms with Crippen molar-refractivity contribution >= 4 is 11.8 Å². The van der Waals surface area contributed by atoms with E-state index in [1.165, 1.54) is 25.7 Å². The SMILES string of the molecule is CCC(O)(CC)CS[C@H](C)[C@H]1CC[C@H]2/C(=C/C=C3CC(O)C(CCO)[C@H](O)C3)CCC[C@]12C. The summed E-state index contributed by atoms with van der Waals surface area (Å²) in [5, 5.41) is 41.4. The molecule has 4 N–H and O–H groups in total. The Morgan fingerprint density at radius 1 is 1.12 bits per heavy atom. The molecule has 7 atom stereocenters. The van der Waals surface area contributed by atoms with E-state index >= 15 is 0 Å². The average Bonchev–Trinajstić information content (AvgIpc) is 3.15. The van der Waals surface area contributed by atoms with Crippen LogP contribution in [-0.4, -0.2) is 55.8 Å². The van der Waals surface area contributed by atoms with Crippen LogP contribution in [0, 0.1) is 23.2 Å². The predicted molar refractivity (Wildman–Crippen MR) is 138 cm³/mol. The maximum Gasteiger partial charge on any atom is 0.0732 e. The van der Waals surface area contributed by atoms with Gasteiger partial charge in [-0.15, -0.1) is 0 Å². The van der Waals surface area contributed by atoms with Crippen molar-refractivity contribution in [1.82, 2.24) is 0 Å². The van der Waals surface area contributed by atoms with Gasteiger partial charge in [0.05, 0.1) is 17.8 Å². The number of thioether (sulfide) groups is 1. The van der Waals surface area contributed by atoms with Crippen molar-refractivity contribution in [2.24, 2.45) is 23.2 Å². The van der Waals surface area contributed by atoms with Crippen LogP contribution in [0.1, 0.15) is 91.9 Å². The Balaban J connectivity index is 1.68. The zero-order valence-electron chi connectivity index (χ0n) is 21.3. The summed E-state index contributed by atoms with van der Waals surface area (Å²) in [7, 11) is 0. The number of aliphatic hydroxyl groups is 4. The van der Waals surface area contributed by atoms with Crippen LogP contribution in [0.2, 0.25) is 0 Å². The predicted octanol–water partition coefficient (Wildman–Crippen LogP) is 5.24. The zero-order valence-corrected chi connectivity index (χ0v) is 22.1. The largest absolute Gasteiger partial charge is 0.396 e. The van der Waals surface area contributed by atoms with E-state index < -0.39 is 17.8 Å². The van der Waals surface area contributed by atoms with Gasteiger partial charge in [0, 0.05) is 23.5 Å². The van der Waals surface area contributed by atoms with E-state index in [1.807, 2.05) is 11.8 Å². The first kappa shape index (κ1) is 27.3. The lowest BCUT2D eigenvalue weighted by Gasteiger charge is -2.44. The first-order chi connectivity index (χ1) is 15.7. The molecule has 0 aliphatic heterocycles. The Hall–Kier alpha value is -0.330. The topological polar surface area (TPSA) is 80.9 Å². The molecule has 0 aromatic heterocycles. The van der Waals surface area contributed by atoms with Gasteiger partial charge in [0.1, 0.15) is 0 Å². The second-order valence-corrected chi connectivity index (χ2v) is 12.7. The average molecular weight is 481 g/mol. The quantitative estimate of drug-likeness (QED) is 0.363. The minimum absolute atomic E-state index is 0.0101. The molecule has 190 valence electrons. The van der Waals surface area contributed by atoms with E-state index in [9.17, 15) is 20.4 Å². The number of hydrogen-bond donors (Lipinski definition) is 4. The van der Waals surface area contributed by atoms with Crippen LogP contribution in [-0.2, 0) is 0 Å². The molecule has 0 aromatic rings. The zero-order chi connectivity index (χ0) is 24.2. The van der Waals surface area contributed by atoms with Gasteiger partial charge in [-0.1, -0.05) is 51.0 Å². The number of rotatable bonds is 9. The molecule has 3 rings (SSSR count). The van der Waals surface area contributed by atoms with E-state index in [-0.39, 0.29) is 12.5 Å². The van der Waals surface area contributed by atoms with E-state index in [1.54, 1.807) is 5.57 Å². The molecule has 33 heavy (non-hydrogen) atoms. The van der Waals surface area contributed by atoms with Crippen molar-refractivity contribution in [1.29, 1.82) is 0 Å². The van der Waals surface area contributed by atoms with Gasteiger partial charge < -0.3 is 20.4 Å². The van der Waals surface area contributed by atoms with Gasteiger partial charge in [0.15, 0.2) is 0 Å². The van der Waals surface area contributed by atoms with E-state index in [0.29, 0.717) is 41.8 Å². The third-order valence-electron chi connectivity index (χ3n) is 9.46. The van der Waals surface area contributed by atoms with Gasteiger partial charge in [-0.25, -0.2) is 0 Å². The monoisotopic (exact) mass is 480 g/mol. The fourth-order valence-corrected chi connectivity index (χ4v) is 8.64. The van der Waals surface area contributed by atoms with Crippen LogP contribution in [0.5, 0.6) is 0 Å². The lowest BCUT2D eigenvalue weighted by molar-refractivity contribution is -0.0163. The lowest BCUT2D eigenvalue weighted by Crippen LogP contribution is -2.38. The standard InChI is InChI=1S/C28H48O4S/c1-5-28(32,6-2)18-33-19(3)23-11-12-24-21(8-7-14-27(23,24)4)10-9-20-16-25(30)22(13-15-29)26(31)17-20/h9-10,19,22-26,29-32H,5-8,11-18H2,1-4H3/b20-9?,21-10+/t19-,22?,23-,24+,25-,26?,27-/m1/s1. The Bertz CT molecular complexity index is 686. The highest BCUT2D eigenvalue weighted by atomic mass is 32.2. The number of fused-ring (bicyclic) bond motifs is 1. The summed E-state index contributed by atoms with van der Waals surface area (Å²) in [6.07, 6.45) is 12.8. The highest BCUT2D eigenvalue weighted by Gasteiger charge is 2.51. The van der Waals surface area contributed by atoms with Crippen LogP contribution in [0.15, 0.2) is 23.3 Å². The minimum atomic E-state index is -0.569. The maximum atomic E-state index is 10.8. The molecule has 3 saturated carbocycles. The minimum Gasteiger partial charge on any atom is -0.396 e. The van der Waals surface area contributed by atoms with Crippen molar-refractivity contribution < 1.29 is 20.4 Å². The molecule has 0 heterocycles. The summed E-state index contributed by atoms with van der Waals surface area (Å²) in [5.74, 6) is 1.91. The Morgan fingerprint density at radius 3 is 2.39 bits per heavy atom. The molecule has 5 heteroatoms. The Kier molecular flexibility index (Phi) is 9.59. The molecular weight excluding hydrogens is 432 g/mol. The van der Waals surface area contributed by atoms with Crippen LogP contribution < -0.4 is 0 Å². The molecule has 2 unspecified atom stereocenters. The molecule has 0 spiro atoms. The van der Waals surface area contributed by atoms with Crippen LogP contribution in [0.25, 0.3) is 0 Å². The molecule has 3 aliphatic rings. The van der Waals surface area contributed by atoms with Gasteiger partial charge in [-0.05, 0) is 81.5 Å². The summed E-state index contributed by atoms with van der Waals surface area (Å²) in [6.45, 7) is 9.07. The Labute approximate surface area is 205 Å². The number of allylic oxidation sites excluding steroid dienone is 3. The molecule has 3 aliphatic carbocycles. The highest BCUT2D eigenvalue weighted by molar-refractivity contribution is 7.99. The van der Waals surface area contributed by atoms with Crippen molar-refractivity contribution in [3.05, 3.63) is 23.3 Å². The van der Waals surface area contributed by atoms with E-state index in [4.69, 9.17) is 0 Å². The molecule has 0 aromatic carbocycles. The van der Waals surface area contributed by atoms with Crippen LogP contribution in [0.4, 0.5) is 0 Å². The summed E-state index contributed by atoms with van der Waals surface area (Å²) in [6, 6.07) is 0. The molecule has 3 fully saturated rings. The highest BCUT2D eigenvalue weighted by Crippen LogP contribution is 2.59. The Morgan fingerprint density at radius 2 is 1.79 bits per heavy atom. The summed E-state index contributed by atoms with van der Waals surface area (Å²) in [5.41, 5.74) is 2.47. The molecule has 0 radical (unpaired) electrons. The number of hydrogen-bond acceptors (Lipinski definition) is 5. The molecule has 0 bridgehead atoms. The fourth-order valence-electron chi connectivity index (χ4n) is 6.98. The second kappa shape index (κ2) is 11.6. The first-order valence-electron chi connectivity index (χ1n) is 13.4. The maximum absolute atomic E-state index is 10.8. The first-order valence-corrected chi connectivity index (χ1v) is 14.4. The van der Waals surface area contributed by atoms with Crippen molar-refractivity contribution in [2.45, 2.75) is 115 Å². The van der Waals surface area contributed by atoms with Crippen molar-refractivity contribution in [3.63, 3.8) is 0 Å².